The van der Waals surface area contributed by atoms with Gasteiger partial charge in [-0.1, -0.05) is 0 Å². The molecule has 0 saturated carbocycles. The van der Waals surface area contributed by atoms with Gasteiger partial charge in [0, 0.05) is 43.3 Å². The minimum absolute atomic E-state index is 0.196. The molecule has 110 valence electrons. The fourth-order valence-electron chi connectivity index (χ4n) is 2.84. The summed E-state index contributed by atoms with van der Waals surface area (Å²) in [5.74, 6) is 2.82. The molecule has 20 heavy (non-hydrogen) atoms. The van der Waals surface area contributed by atoms with Crippen molar-refractivity contribution in [1.29, 1.82) is 0 Å². The van der Waals surface area contributed by atoms with Crippen molar-refractivity contribution in [1.82, 2.24) is 20.0 Å². The minimum Gasteiger partial charge on any atom is -0.339 e. The second-order valence-corrected chi connectivity index (χ2v) is 6.70. The molecule has 6 heteroatoms. The van der Waals surface area contributed by atoms with E-state index in [4.69, 9.17) is 0 Å². The topological polar surface area (TPSA) is 50.2 Å². The summed E-state index contributed by atoms with van der Waals surface area (Å²) in [4.78, 5) is 14.2. The van der Waals surface area contributed by atoms with Gasteiger partial charge >= 0.3 is 0 Å². The van der Waals surface area contributed by atoms with Crippen LogP contribution in [0.2, 0.25) is 0 Å². The smallest absolute Gasteiger partial charge is 0.244 e. The molecule has 0 spiro atoms. The molecular weight excluding hydrogens is 272 g/mol. The van der Waals surface area contributed by atoms with Gasteiger partial charge in [0.25, 0.3) is 0 Å². The van der Waals surface area contributed by atoms with Crippen LogP contribution in [-0.2, 0) is 11.3 Å². The van der Waals surface area contributed by atoms with Crippen molar-refractivity contribution in [2.24, 2.45) is 0 Å². The summed E-state index contributed by atoms with van der Waals surface area (Å²) in [6.45, 7) is 4.26. The van der Waals surface area contributed by atoms with Gasteiger partial charge in [0.2, 0.25) is 5.91 Å². The van der Waals surface area contributed by atoms with Crippen molar-refractivity contribution < 1.29 is 4.79 Å². The summed E-state index contributed by atoms with van der Waals surface area (Å²) in [6, 6.07) is 2.07. The van der Waals surface area contributed by atoms with E-state index in [1.54, 1.807) is 4.68 Å². The summed E-state index contributed by atoms with van der Waals surface area (Å²) in [6.07, 6.45) is 4.35. The standard InChI is InChI=1S/C14H22N4OS/c19-14(17-6-8-20-9-7-17)11-18-5-3-13(16-18)12-2-1-4-15-10-12/h3,5,12,15H,1-2,4,6-11H2/t12-/m0/s1. The molecule has 3 heterocycles. The third-order valence-corrected chi connectivity index (χ3v) is 4.98. The quantitative estimate of drug-likeness (QED) is 0.901. The van der Waals surface area contributed by atoms with Crippen molar-refractivity contribution in [2.75, 3.05) is 37.7 Å². The van der Waals surface area contributed by atoms with Crippen LogP contribution in [0.1, 0.15) is 24.5 Å². The molecule has 2 aliphatic heterocycles. The maximum atomic E-state index is 12.2. The highest BCUT2D eigenvalue weighted by Crippen LogP contribution is 2.21. The highest BCUT2D eigenvalue weighted by molar-refractivity contribution is 7.99. The Morgan fingerprint density at radius 3 is 3.05 bits per heavy atom. The van der Waals surface area contributed by atoms with Crippen LogP contribution < -0.4 is 5.32 Å². The van der Waals surface area contributed by atoms with Gasteiger partial charge in [0.1, 0.15) is 6.54 Å². The van der Waals surface area contributed by atoms with Crippen LogP contribution in [0.5, 0.6) is 0 Å². The molecule has 2 saturated heterocycles. The molecule has 1 atom stereocenters. The first-order chi connectivity index (χ1) is 9.83. The van der Waals surface area contributed by atoms with E-state index < -0.39 is 0 Å². The molecule has 0 unspecified atom stereocenters. The van der Waals surface area contributed by atoms with E-state index in [2.05, 4.69) is 16.5 Å². The van der Waals surface area contributed by atoms with Gasteiger partial charge in [0.05, 0.1) is 5.69 Å². The second-order valence-electron chi connectivity index (χ2n) is 5.47. The first kappa shape index (κ1) is 13.9. The van der Waals surface area contributed by atoms with E-state index in [0.717, 1.165) is 43.4 Å². The highest BCUT2D eigenvalue weighted by Gasteiger charge is 2.20. The zero-order valence-corrected chi connectivity index (χ0v) is 12.6. The molecule has 3 rings (SSSR count). The predicted octanol–water partition coefficient (Wildman–Crippen LogP) is 0.926. The molecule has 2 fully saturated rings. The lowest BCUT2D eigenvalue weighted by Gasteiger charge is -2.26. The first-order valence-corrected chi connectivity index (χ1v) is 8.58. The van der Waals surface area contributed by atoms with Crippen molar-refractivity contribution >= 4 is 17.7 Å². The third-order valence-electron chi connectivity index (χ3n) is 4.04. The highest BCUT2D eigenvalue weighted by atomic mass is 32.2. The Morgan fingerprint density at radius 1 is 1.45 bits per heavy atom. The first-order valence-electron chi connectivity index (χ1n) is 7.42. The molecule has 5 nitrogen and oxygen atoms in total. The number of carbonyl (C=O) groups is 1. The van der Waals surface area contributed by atoms with Crippen molar-refractivity contribution in [3.05, 3.63) is 18.0 Å². The zero-order chi connectivity index (χ0) is 13.8. The van der Waals surface area contributed by atoms with Crippen molar-refractivity contribution in [2.45, 2.75) is 25.3 Å². The SMILES string of the molecule is O=C(Cn1ccc([C@H]2CCCNC2)n1)N1CCSCC1. The third kappa shape index (κ3) is 3.35. The summed E-state index contributed by atoms with van der Waals surface area (Å²) in [7, 11) is 0. The minimum atomic E-state index is 0.196. The Balaban J connectivity index is 1.57. The van der Waals surface area contributed by atoms with Crippen LogP contribution in [0.3, 0.4) is 0 Å². The molecule has 0 aromatic carbocycles. The number of rotatable bonds is 3. The summed E-state index contributed by atoms with van der Waals surface area (Å²) in [5, 5.41) is 8.00. The van der Waals surface area contributed by atoms with Crippen LogP contribution in [0, 0.1) is 0 Å². The van der Waals surface area contributed by atoms with Gasteiger partial charge < -0.3 is 10.2 Å². The van der Waals surface area contributed by atoms with Crippen molar-refractivity contribution in [3.8, 4) is 0 Å². The number of nitrogens with one attached hydrogen (secondary N) is 1. The number of hydrogen-bond acceptors (Lipinski definition) is 4. The van der Waals surface area contributed by atoms with E-state index in [1.165, 1.54) is 12.8 Å². The molecule has 1 aromatic rings. The Hall–Kier alpha value is -1.01. The second kappa shape index (κ2) is 6.63. The number of amides is 1. The number of hydrogen-bond donors (Lipinski definition) is 1. The monoisotopic (exact) mass is 294 g/mol. The number of nitrogens with zero attached hydrogens (tertiary/aromatic N) is 3. The average molecular weight is 294 g/mol. The van der Waals surface area contributed by atoms with Gasteiger partial charge in [0.15, 0.2) is 0 Å². The Bertz CT molecular complexity index is 450. The molecule has 0 radical (unpaired) electrons. The average Bonchev–Trinajstić information content (AvgIpc) is 2.97. The van der Waals surface area contributed by atoms with E-state index in [0.29, 0.717) is 12.5 Å². The van der Waals surface area contributed by atoms with E-state index in [1.807, 2.05) is 22.9 Å². The Labute approximate surface area is 124 Å². The molecule has 1 N–H and O–H groups in total. The molecule has 1 aromatic heterocycles. The van der Waals surface area contributed by atoms with Crippen molar-refractivity contribution in [3.63, 3.8) is 0 Å². The summed E-state index contributed by atoms with van der Waals surface area (Å²) < 4.78 is 1.80. The van der Waals surface area contributed by atoms with Crippen LogP contribution in [0.4, 0.5) is 0 Å². The summed E-state index contributed by atoms with van der Waals surface area (Å²) >= 11 is 1.92. The van der Waals surface area contributed by atoms with Crippen LogP contribution in [0.25, 0.3) is 0 Å². The molecular formula is C14H22N4OS. The Kier molecular flexibility index (Phi) is 4.62. The lowest BCUT2D eigenvalue weighted by molar-refractivity contribution is -0.131. The number of thioether (sulfide) groups is 1. The molecule has 2 aliphatic rings. The van der Waals surface area contributed by atoms with Crippen LogP contribution in [-0.4, -0.2) is 58.3 Å². The lowest BCUT2D eigenvalue weighted by atomic mass is 9.97. The normalized spacial score (nSPS) is 23.8. The number of piperidine rings is 1. The lowest BCUT2D eigenvalue weighted by Crippen LogP contribution is -2.39. The summed E-state index contributed by atoms with van der Waals surface area (Å²) in [5.41, 5.74) is 1.12. The fraction of sp³-hybridized carbons (Fsp3) is 0.714. The zero-order valence-electron chi connectivity index (χ0n) is 11.8. The van der Waals surface area contributed by atoms with Gasteiger partial charge in [-0.2, -0.15) is 16.9 Å². The number of aromatic nitrogens is 2. The van der Waals surface area contributed by atoms with E-state index >= 15 is 0 Å². The maximum Gasteiger partial charge on any atom is 0.244 e. The van der Waals surface area contributed by atoms with Gasteiger partial charge in [-0.15, -0.1) is 0 Å². The van der Waals surface area contributed by atoms with E-state index in [9.17, 15) is 4.79 Å². The van der Waals surface area contributed by atoms with Gasteiger partial charge in [-0.3, -0.25) is 9.48 Å². The maximum absolute atomic E-state index is 12.2. The predicted molar refractivity (Wildman–Crippen MR) is 81.0 cm³/mol. The fourth-order valence-corrected chi connectivity index (χ4v) is 3.74. The van der Waals surface area contributed by atoms with Crippen LogP contribution >= 0.6 is 11.8 Å². The van der Waals surface area contributed by atoms with E-state index in [-0.39, 0.29) is 5.91 Å². The van der Waals surface area contributed by atoms with Gasteiger partial charge in [-0.25, -0.2) is 0 Å². The number of carbonyl (C=O) groups excluding carboxylic acids is 1. The van der Waals surface area contributed by atoms with Crippen LogP contribution in [0.15, 0.2) is 12.3 Å². The largest absolute Gasteiger partial charge is 0.339 e. The van der Waals surface area contributed by atoms with Gasteiger partial charge in [-0.05, 0) is 25.5 Å². The molecule has 0 aliphatic carbocycles. The molecule has 0 bridgehead atoms. The molecule has 1 amide bonds. The Morgan fingerprint density at radius 2 is 2.30 bits per heavy atom.